The van der Waals surface area contributed by atoms with Crippen LogP contribution < -0.4 is 5.32 Å². The second-order valence-corrected chi connectivity index (χ2v) is 5.84. The van der Waals surface area contributed by atoms with Crippen molar-refractivity contribution in [3.05, 3.63) is 77.3 Å². The Morgan fingerprint density at radius 2 is 1.68 bits per heavy atom. The van der Waals surface area contributed by atoms with Gasteiger partial charge in [0.1, 0.15) is 0 Å². The molecule has 3 aromatic carbocycles. The number of amides is 1. The van der Waals surface area contributed by atoms with Crippen LogP contribution in [0.25, 0.3) is 22.2 Å². The van der Waals surface area contributed by atoms with Crippen molar-refractivity contribution in [2.24, 2.45) is 0 Å². The molecule has 0 aliphatic rings. The summed E-state index contributed by atoms with van der Waals surface area (Å²) in [6, 6.07) is 20.3. The summed E-state index contributed by atoms with van der Waals surface area (Å²) >= 11 is 5.82. The third-order valence-electron chi connectivity index (χ3n) is 3.77. The number of carbonyl (C=O) groups excluding carboxylic acids is 1. The van der Waals surface area contributed by atoms with Crippen LogP contribution in [0.1, 0.15) is 10.4 Å². The molecule has 0 aliphatic carbocycles. The minimum atomic E-state index is -0.343. The number of halogens is 1. The van der Waals surface area contributed by atoms with Crippen molar-refractivity contribution in [2.45, 2.75) is 0 Å². The van der Waals surface area contributed by atoms with E-state index in [0.717, 1.165) is 16.3 Å². The lowest BCUT2D eigenvalue weighted by Gasteiger charge is -2.02. The first-order chi connectivity index (χ1) is 12.2. The highest BCUT2D eigenvalue weighted by atomic mass is 35.5. The Balaban J connectivity index is 1.62. The van der Waals surface area contributed by atoms with Gasteiger partial charge in [-0.1, -0.05) is 53.1 Å². The van der Waals surface area contributed by atoms with Crippen LogP contribution in [0.2, 0.25) is 5.02 Å². The molecule has 0 saturated heterocycles. The van der Waals surface area contributed by atoms with Crippen LogP contribution in [0, 0.1) is 0 Å². The summed E-state index contributed by atoms with van der Waals surface area (Å²) in [7, 11) is 0. The SMILES string of the molecule is O=C(Nc1nnc(-c2cccc3ccccc23)o1)c1ccc(Cl)cc1. The average Bonchev–Trinajstić information content (AvgIpc) is 3.10. The molecule has 0 spiro atoms. The highest BCUT2D eigenvalue weighted by Crippen LogP contribution is 2.28. The normalized spacial score (nSPS) is 10.8. The van der Waals surface area contributed by atoms with Gasteiger partial charge in [0, 0.05) is 16.1 Å². The summed E-state index contributed by atoms with van der Waals surface area (Å²) in [5, 5.41) is 13.2. The van der Waals surface area contributed by atoms with Crippen molar-refractivity contribution in [1.82, 2.24) is 10.2 Å². The molecule has 6 heteroatoms. The summed E-state index contributed by atoms with van der Waals surface area (Å²) in [6.45, 7) is 0. The van der Waals surface area contributed by atoms with E-state index in [0.29, 0.717) is 16.5 Å². The van der Waals surface area contributed by atoms with Gasteiger partial charge in [0.15, 0.2) is 0 Å². The number of rotatable bonds is 3. The van der Waals surface area contributed by atoms with Gasteiger partial charge in [-0.05, 0) is 41.1 Å². The van der Waals surface area contributed by atoms with E-state index in [4.69, 9.17) is 16.0 Å². The second-order valence-electron chi connectivity index (χ2n) is 5.40. The maximum Gasteiger partial charge on any atom is 0.322 e. The largest absolute Gasteiger partial charge is 0.403 e. The van der Waals surface area contributed by atoms with Crippen molar-refractivity contribution in [1.29, 1.82) is 0 Å². The van der Waals surface area contributed by atoms with Crippen LogP contribution in [0.5, 0.6) is 0 Å². The van der Waals surface area contributed by atoms with E-state index in [1.807, 2.05) is 42.5 Å². The van der Waals surface area contributed by atoms with E-state index in [-0.39, 0.29) is 11.9 Å². The van der Waals surface area contributed by atoms with Gasteiger partial charge in [0.25, 0.3) is 5.91 Å². The number of nitrogens with one attached hydrogen (secondary N) is 1. The Morgan fingerprint density at radius 3 is 2.52 bits per heavy atom. The Bertz CT molecular complexity index is 1050. The molecule has 1 heterocycles. The number of hydrogen-bond donors (Lipinski definition) is 1. The zero-order chi connectivity index (χ0) is 17.2. The van der Waals surface area contributed by atoms with Gasteiger partial charge in [0.05, 0.1) is 0 Å². The minimum Gasteiger partial charge on any atom is -0.403 e. The second kappa shape index (κ2) is 6.37. The van der Waals surface area contributed by atoms with Gasteiger partial charge in [-0.15, -0.1) is 5.10 Å². The molecule has 0 unspecified atom stereocenters. The molecule has 0 bridgehead atoms. The maximum absolute atomic E-state index is 12.2. The number of anilines is 1. The van der Waals surface area contributed by atoms with E-state index in [1.165, 1.54) is 0 Å². The zero-order valence-corrected chi connectivity index (χ0v) is 13.7. The topological polar surface area (TPSA) is 68.0 Å². The lowest BCUT2D eigenvalue weighted by Crippen LogP contribution is -2.11. The number of fused-ring (bicyclic) bond motifs is 1. The van der Waals surface area contributed by atoms with E-state index in [1.54, 1.807) is 24.3 Å². The summed E-state index contributed by atoms with van der Waals surface area (Å²) in [5.41, 5.74) is 1.27. The average molecular weight is 350 g/mol. The molecule has 0 fully saturated rings. The first kappa shape index (κ1) is 15.4. The van der Waals surface area contributed by atoms with E-state index >= 15 is 0 Å². The summed E-state index contributed by atoms with van der Waals surface area (Å²) in [6.07, 6.45) is 0. The van der Waals surface area contributed by atoms with Crippen LogP contribution in [0.15, 0.2) is 71.1 Å². The predicted molar refractivity (Wildman–Crippen MR) is 96.6 cm³/mol. The smallest absolute Gasteiger partial charge is 0.322 e. The molecular weight excluding hydrogens is 338 g/mol. The molecule has 1 N–H and O–H groups in total. The van der Waals surface area contributed by atoms with Crippen LogP contribution in [-0.2, 0) is 0 Å². The fourth-order valence-corrected chi connectivity index (χ4v) is 2.69. The van der Waals surface area contributed by atoms with Crippen molar-refractivity contribution in [2.75, 3.05) is 5.32 Å². The summed E-state index contributed by atoms with van der Waals surface area (Å²) in [5.74, 6) is 0.00740. The standard InChI is InChI=1S/C19H12ClN3O2/c20-14-10-8-13(9-11-14)17(24)21-19-23-22-18(25-19)16-7-3-5-12-4-1-2-6-15(12)16/h1-11H,(H,21,23,24). The monoisotopic (exact) mass is 349 g/mol. The Morgan fingerprint density at radius 1 is 0.920 bits per heavy atom. The molecule has 0 radical (unpaired) electrons. The number of carbonyl (C=O) groups is 1. The highest BCUT2D eigenvalue weighted by molar-refractivity contribution is 6.30. The predicted octanol–water partition coefficient (Wildman–Crippen LogP) is 4.80. The molecule has 1 amide bonds. The van der Waals surface area contributed by atoms with Gasteiger partial charge < -0.3 is 4.42 Å². The van der Waals surface area contributed by atoms with Gasteiger partial charge in [-0.3, -0.25) is 10.1 Å². The number of hydrogen-bond acceptors (Lipinski definition) is 4. The summed E-state index contributed by atoms with van der Waals surface area (Å²) < 4.78 is 5.61. The van der Waals surface area contributed by atoms with Crippen LogP contribution >= 0.6 is 11.6 Å². The first-order valence-corrected chi connectivity index (χ1v) is 7.97. The molecule has 0 atom stereocenters. The Hall–Kier alpha value is -3.18. The maximum atomic E-state index is 12.2. The van der Waals surface area contributed by atoms with Crippen molar-refractivity contribution in [3.8, 4) is 11.5 Å². The fourth-order valence-electron chi connectivity index (χ4n) is 2.57. The van der Waals surface area contributed by atoms with Gasteiger partial charge in [0.2, 0.25) is 5.89 Å². The lowest BCUT2D eigenvalue weighted by molar-refractivity contribution is 0.102. The van der Waals surface area contributed by atoms with Crippen molar-refractivity contribution < 1.29 is 9.21 Å². The van der Waals surface area contributed by atoms with Crippen molar-refractivity contribution >= 4 is 34.3 Å². The highest BCUT2D eigenvalue weighted by Gasteiger charge is 2.14. The van der Waals surface area contributed by atoms with E-state index in [9.17, 15) is 4.79 Å². The molecule has 4 aromatic rings. The molecule has 122 valence electrons. The minimum absolute atomic E-state index is 0.0443. The van der Waals surface area contributed by atoms with Crippen LogP contribution in [-0.4, -0.2) is 16.1 Å². The third-order valence-corrected chi connectivity index (χ3v) is 4.02. The van der Waals surface area contributed by atoms with Crippen LogP contribution in [0.4, 0.5) is 6.01 Å². The van der Waals surface area contributed by atoms with Gasteiger partial charge in [-0.25, -0.2) is 0 Å². The molecule has 0 saturated carbocycles. The number of nitrogens with zero attached hydrogens (tertiary/aromatic N) is 2. The molecule has 0 aliphatic heterocycles. The first-order valence-electron chi connectivity index (χ1n) is 7.59. The Kier molecular flexibility index (Phi) is 3.91. The molecular formula is C19H12ClN3O2. The quantitative estimate of drug-likeness (QED) is 0.577. The number of benzene rings is 3. The molecule has 25 heavy (non-hydrogen) atoms. The number of aromatic nitrogens is 2. The third kappa shape index (κ3) is 3.09. The molecule has 1 aromatic heterocycles. The van der Waals surface area contributed by atoms with Gasteiger partial charge >= 0.3 is 6.01 Å². The van der Waals surface area contributed by atoms with Gasteiger partial charge in [-0.2, -0.15) is 0 Å². The summed E-state index contributed by atoms with van der Waals surface area (Å²) in [4.78, 5) is 12.2. The van der Waals surface area contributed by atoms with Crippen LogP contribution in [0.3, 0.4) is 0 Å². The lowest BCUT2D eigenvalue weighted by atomic mass is 10.0. The molecule has 5 nitrogen and oxygen atoms in total. The van der Waals surface area contributed by atoms with E-state index < -0.39 is 0 Å². The fraction of sp³-hybridized carbons (Fsp3) is 0. The van der Waals surface area contributed by atoms with E-state index in [2.05, 4.69) is 15.5 Å². The Labute approximate surface area is 148 Å². The van der Waals surface area contributed by atoms with Crippen molar-refractivity contribution in [3.63, 3.8) is 0 Å². The molecule has 4 rings (SSSR count). The zero-order valence-electron chi connectivity index (χ0n) is 12.9.